The number of aliphatic imine (C=N–C) groups is 1. The molecular formula is C26H33N5O. The summed E-state index contributed by atoms with van der Waals surface area (Å²) in [4.78, 5) is 15.4. The van der Waals surface area contributed by atoms with Crippen LogP contribution in [0.4, 0.5) is 11.4 Å². The van der Waals surface area contributed by atoms with E-state index in [1.54, 1.807) is 0 Å². The van der Waals surface area contributed by atoms with Crippen molar-refractivity contribution in [1.82, 2.24) is 14.8 Å². The zero-order valence-electron chi connectivity index (χ0n) is 19.7. The molecule has 0 radical (unpaired) electrons. The summed E-state index contributed by atoms with van der Waals surface area (Å²) in [6.45, 7) is 12.7. The van der Waals surface area contributed by atoms with Crippen molar-refractivity contribution in [2.24, 2.45) is 4.99 Å². The van der Waals surface area contributed by atoms with Gasteiger partial charge in [0.25, 0.3) is 0 Å². The van der Waals surface area contributed by atoms with E-state index in [1.165, 1.54) is 11.3 Å². The monoisotopic (exact) mass is 431 g/mol. The van der Waals surface area contributed by atoms with Gasteiger partial charge >= 0.3 is 0 Å². The van der Waals surface area contributed by atoms with Gasteiger partial charge in [-0.15, -0.1) is 0 Å². The van der Waals surface area contributed by atoms with E-state index in [1.807, 2.05) is 0 Å². The molecule has 3 heterocycles. The number of aryl methyl sites for hydroxylation is 1. The number of aromatic nitrogens is 1. The fourth-order valence-corrected chi connectivity index (χ4v) is 4.87. The number of benzene rings is 2. The van der Waals surface area contributed by atoms with Crippen LogP contribution in [0.15, 0.2) is 41.4 Å². The summed E-state index contributed by atoms with van der Waals surface area (Å²) in [6, 6.07) is 13.7. The second kappa shape index (κ2) is 7.85. The normalized spacial score (nSPS) is 19.6. The first-order valence-corrected chi connectivity index (χ1v) is 11.6. The van der Waals surface area contributed by atoms with Crippen molar-refractivity contribution >= 4 is 28.1 Å². The fraction of sp³-hybridized carbons (Fsp3) is 0.423. The molecule has 1 atom stereocenters. The minimum absolute atomic E-state index is 0.182. The van der Waals surface area contributed by atoms with Gasteiger partial charge < -0.3 is 24.8 Å². The highest BCUT2D eigenvalue weighted by molar-refractivity contribution is 6.13. The second-order valence-corrected chi connectivity index (χ2v) is 9.64. The summed E-state index contributed by atoms with van der Waals surface area (Å²) in [5.41, 5.74) is 6.39. The number of rotatable bonds is 3. The van der Waals surface area contributed by atoms with Crippen molar-refractivity contribution in [1.29, 1.82) is 0 Å². The van der Waals surface area contributed by atoms with Crippen LogP contribution in [0, 0.1) is 6.92 Å². The van der Waals surface area contributed by atoms with Crippen LogP contribution in [0.2, 0.25) is 0 Å². The van der Waals surface area contributed by atoms with Gasteiger partial charge in [-0.3, -0.25) is 0 Å². The Morgan fingerprint density at radius 2 is 1.94 bits per heavy atom. The highest BCUT2D eigenvalue weighted by atomic mass is 16.3. The molecule has 2 N–H and O–H groups in total. The van der Waals surface area contributed by atoms with Crippen molar-refractivity contribution in [3.63, 3.8) is 0 Å². The van der Waals surface area contributed by atoms with E-state index in [0.29, 0.717) is 6.04 Å². The van der Waals surface area contributed by atoms with Crippen molar-refractivity contribution in [3.05, 3.63) is 53.1 Å². The van der Waals surface area contributed by atoms with Crippen LogP contribution in [-0.4, -0.2) is 64.5 Å². The summed E-state index contributed by atoms with van der Waals surface area (Å²) >= 11 is 0. The molecule has 1 saturated heterocycles. The van der Waals surface area contributed by atoms with Crippen LogP contribution in [0.1, 0.15) is 37.5 Å². The standard InChI is InChI=1S/C26H33N5O/c1-16(2)31-15-19-13-20(30-11-10-29(5)18(4)14-30)7-9-22(19)27-25(31)24-21-8-6-17(3)12-23(21)28-26(24)32/h6-9,12-13,16,18,28,32H,10-11,14-15H2,1-5H3/t18-/m0/s1. The zero-order chi connectivity index (χ0) is 22.6. The maximum Gasteiger partial charge on any atom is 0.200 e. The summed E-state index contributed by atoms with van der Waals surface area (Å²) in [7, 11) is 2.20. The number of amidine groups is 1. The van der Waals surface area contributed by atoms with Crippen LogP contribution >= 0.6 is 0 Å². The molecule has 0 bridgehead atoms. The topological polar surface area (TPSA) is 58.1 Å². The molecule has 2 aliphatic rings. The third-order valence-electron chi connectivity index (χ3n) is 7.01. The SMILES string of the molecule is Cc1ccc2c(C3=Nc4ccc(N5CCN(C)[C@@H](C)C5)cc4CN3C(C)C)c(O)[nH]c2c1. The van der Waals surface area contributed by atoms with Gasteiger partial charge in [-0.1, -0.05) is 12.1 Å². The van der Waals surface area contributed by atoms with Gasteiger partial charge in [0.2, 0.25) is 5.88 Å². The smallest absolute Gasteiger partial charge is 0.200 e. The maximum absolute atomic E-state index is 10.8. The fourth-order valence-electron chi connectivity index (χ4n) is 4.87. The molecule has 3 aromatic rings. The molecule has 1 aromatic heterocycles. The molecule has 32 heavy (non-hydrogen) atoms. The molecule has 1 fully saturated rings. The molecule has 0 amide bonds. The lowest BCUT2D eigenvalue weighted by Gasteiger charge is -2.39. The van der Waals surface area contributed by atoms with Crippen molar-refractivity contribution < 1.29 is 5.11 Å². The van der Waals surface area contributed by atoms with E-state index < -0.39 is 0 Å². The Balaban J connectivity index is 1.56. The Hall–Kier alpha value is -2.99. The molecule has 6 heteroatoms. The molecular weight excluding hydrogens is 398 g/mol. The predicted molar refractivity (Wildman–Crippen MR) is 132 cm³/mol. The highest BCUT2D eigenvalue weighted by Gasteiger charge is 2.29. The largest absolute Gasteiger partial charge is 0.494 e. The maximum atomic E-state index is 10.8. The predicted octanol–water partition coefficient (Wildman–Crippen LogP) is 4.62. The first-order chi connectivity index (χ1) is 15.3. The Morgan fingerprint density at radius 3 is 2.69 bits per heavy atom. The number of nitrogens with zero attached hydrogens (tertiary/aromatic N) is 4. The molecule has 5 rings (SSSR count). The lowest BCUT2D eigenvalue weighted by Crippen LogP contribution is -2.50. The van der Waals surface area contributed by atoms with Crippen LogP contribution in [0.25, 0.3) is 10.9 Å². The van der Waals surface area contributed by atoms with Crippen molar-refractivity contribution in [2.75, 3.05) is 31.6 Å². The van der Waals surface area contributed by atoms with Crippen molar-refractivity contribution in [2.45, 2.75) is 46.3 Å². The second-order valence-electron chi connectivity index (χ2n) is 9.64. The molecule has 2 aliphatic heterocycles. The molecule has 6 nitrogen and oxygen atoms in total. The van der Waals surface area contributed by atoms with Gasteiger partial charge in [-0.25, -0.2) is 4.99 Å². The van der Waals surface area contributed by atoms with E-state index in [0.717, 1.165) is 59.7 Å². The summed E-state index contributed by atoms with van der Waals surface area (Å²) < 4.78 is 0. The molecule has 0 saturated carbocycles. The summed E-state index contributed by atoms with van der Waals surface area (Å²) in [6.07, 6.45) is 0. The zero-order valence-corrected chi connectivity index (χ0v) is 19.7. The molecule has 0 spiro atoms. The minimum Gasteiger partial charge on any atom is -0.494 e. The lowest BCUT2D eigenvalue weighted by atomic mass is 10.0. The van der Waals surface area contributed by atoms with Crippen LogP contribution in [-0.2, 0) is 6.54 Å². The number of aromatic hydroxyl groups is 1. The van der Waals surface area contributed by atoms with E-state index in [2.05, 4.69) is 90.8 Å². The van der Waals surface area contributed by atoms with Gasteiger partial charge in [0.15, 0.2) is 0 Å². The first kappa shape index (κ1) is 20.9. The summed E-state index contributed by atoms with van der Waals surface area (Å²) in [5, 5.41) is 11.8. The number of likely N-dealkylation sites (N-methyl/N-ethyl adjacent to an activating group) is 1. The summed E-state index contributed by atoms with van der Waals surface area (Å²) in [5.74, 6) is 1.02. The van der Waals surface area contributed by atoms with Gasteiger partial charge in [0, 0.05) is 54.9 Å². The number of hydrogen-bond acceptors (Lipinski definition) is 5. The Morgan fingerprint density at radius 1 is 1.12 bits per heavy atom. The lowest BCUT2D eigenvalue weighted by molar-refractivity contribution is 0.234. The number of nitrogens with one attached hydrogen (secondary N) is 1. The van der Waals surface area contributed by atoms with Crippen molar-refractivity contribution in [3.8, 4) is 5.88 Å². The van der Waals surface area contributed by atoms with E-state index >= 15 is 0 Å². The quantitative estimate of drug-likeness (QED) is 0.635. The van der Waals surface area contributed by atoms with E-state index in [-0.39, 0.29) is 11.9 Å². The average molecular weight is 432 g/mol. The van der Waals surface area contributed by atoms with E-state index in [4.69, 9.17) is 4.99 Å². The van der Waals surface area contributed by atoms with Gasteiger partial charge in [-0.05, 0) is 70.1 Å². The minimum atomic E-state index is 0.182. The number of anilines is 1. The average Bonchev–Trinajstić information content (AvgIpc) is 3.08. The van der Waals surface area contributed by atoms with Crippen LogP contribution in [0.5, 0.6) is 5.88 Å². The van der Waals surface area contributed by atoms with Gasteiger partial charge in [0.1, 0.15) is 5.84 Å². The number of aromatic amines is 1. The van der Waals surface area contributed by atoms with Crippen LogP contribution in [0.3, 0.4) is 0 Å². The number of piperazine rings is 1. The Kier molecular flexibility index (Phi) is 5.13. The number of hydrogen-bond donors (Lipinski definition) is 2. The Bertz CT molecular complexity index is 1190. The number of fused-ring (bicyclic) bond motifs is 2. The van der Waals surface area contributed by atoms with Crippen LogP contribution < -0.4 is 4.90 Å². The third kappa shape index (κ3) is 3.52. The highest BCUT2D eigenvalue weighted by Crippen LogP contribution is 2.37. The molecule has 0 aliphatic carbocycles. The molecule has 2 aromatic carbocycles. The third-order valence-corrected chi connectivity index (χ3v) is 7.01. The van der Waals surface area contributed by atoms with Gasteiger partial charge in [0.05, 0.1) is 11.3 Å². The Labute approximate surface area is 190 Å². The first-order valence-electron chi connectivity index (χ1n) is 11.6. The van der Waals surface area contributed by atoms with E-state index in [9.17, 15) is 5.11 Å². The number of H-pyrrole nitrogens is 1. The molecule has 0 unspecified atom stereocenters. The van der Waals surface area contributed by atoms with Gasteiger partial charge in [-0.2, -0.15) is 0 Å². The molecule has 168 valence electrons.